The molecule has 0 radical (unpaired) electrons. The van der Waals surface area contributed by atoms with Gasteiger partial charge in [-0.1, -0.05) is 11.6 Å². The van der Waals surface area contributed by atoms with Gasteiger partial charge in [0.2, 0.25) is 0 Å². The van der Waals surface area contributed by atoms with Crippen molar-refractivity contribution < 1.29 is 0 Å². The Bertz CT molecular complexity index is 559. The SMILES string of the molecule is Cc1cc2[nH]c(=O)c(=O)[nH]c2nc1Cl. The van der Waals surface area contributed by atoms with Crippen LogP contribution in [0.2, 0.25) is 5.15 Å². The monoisotopic (exact) mass is 211 g/mol. The Kier molecular flexibility index (Phi) is 1.89. The quantitative estimate of drug-likeness (QED) is 0.494. The Labute approximate surface area is 82.8 Å². The lowest BCUT2D eigenvalue weighted by Gasteiger charge is -1.99. The summed E-state index contributed by atoms with van der Waals surface area (Å²) in [5.41, 5.74) is 0.0644. The normalized spacial score (nSPS) is 10.7. The fourth-order valence-electron chi connectivity index (χ4n) is 1.12. The van der Waals surface area contributed by atoms with E-state index in [0.29, 0.717) is 10.7 Å². The van der Waals surface area contributed by atoms with Crippen LogP contribution in [-0.2, 0) is 0 Å². The minimum absolute atomic E-state index is 0.283. The van der Waals surface area contributed by atoms with E-state index in [-0.39, 0.29) is 5.65 Å². The van der Waals surface area contributed by atoms with Crippen LogP contribution in [0.15, 0.2) is 15.7 Å². The number of hydrogen-bond donors (Lipinski definition) is 2. The van der Waals surface area contributed by atoms with Crippen molar-refractivity contribution in [3.8, 4) is 0 Å². The molecule has 0 aliphatic rings. The minimum Gasteiger partial charge on any atom is -0.315 e. The van der Waals surface area contributed by atoms with E-state index in [1.165, 1.54) is 0 Å². The second-order valence-corrected chi connectivity index (χ2v) is 3.26. The third kappa shape index (κ3) is 1.31. The Morgan fingerprint density at radius 1 is 1.29 bits per heavy atom. The summed E-state index contributed by atoms with van der Waals surface area (Å²) >= 11 is 5.75. The molecule has 6 heteroatoms. The van der Waals surface area contributed by atoms with Gasteiger partial charge in [0.05, 0.1) is 5.52 Å². The minimum atomic E-state index is -0.732. The van der Waals surface area contributed by atoms with E-state index in [4.69, 9.17) is 11.6 Å². The molecule has 2 heterocycles. The molecule has 0 aromatic carbocycles. The van der Waals surface area contributed by atoms with E-state index in [9.17, 15) is 9.59 Å². The summed E-state index contributed by atoms with van der Waals surface area (Å²) in [6, 6.07) is 1.65. The first kappa shape index (κ1) is 8.96. The molecule has 0 unspecified atom stereocenters. The van der Waals surface area contributed by atoms with Crippen molar-refractivity contribution in [1.82, 2.24) is 15.0 Å². The molecule has 5 nitrogen and oxygen atoms in total. The van der Waals surface area contributed by atoms with Gasteiger partial charge in [-0.25, -0.2) is 4.98 Å². The Balaban J connectivity index is 2.97. The zero-order valence-electron chi connectivity index (χ0n) is 7.22. The second kappa shape index (κ2) is 2.95. The van der Waals surface area contributed by atoms with Crippen LogP contribution in [0.1, 0.15) is 5.56 Å². The van der Waals surface area contributed by atoms with Gasteiger partial charge in [-0.15, -0.1) is 0 Å². The van der Waals surface area contributed by atoms with Crippen molar-refractivity contribution in [3.63, 3.8) is 0 Å². The second-order valence-electron chi connectivity index (χ2n) is 2.90. The Hall–Kier alpha value is -1.62. The predicted octanol–water partition coefficient (Wildman–Crippen LogP) is 0.573. The fraction of sp³-hybridized carbons (Fsp3) is 0.125. The van der Waals surface area contributed by atoms with Gasteiger partial charge in [0, 0.05) is 0 Å². The number of H-pyrrole nitrogens is 2. The largest absolute Gasteiger partial charge is 0.315 e. The number of aryl methyl sites for hydroxylation is 1. The highest BCUT2D eigenvalue weighted by atomic mass is 35.5. The molecule has 0 spiro atoms. The van der Waals surface area contributed by atoms with E-state index < -0.39 is 11.1 Å². The van der Waals surface area contributed by atoms with Crippen LogP contribution in [0.25, 0.3) is 11.2 Å². The van der Waals surface area contributed by atoms with Crippen molar-refractivity contribution in [2.45, 2.75) is 6.92 Å². The van der Waals surface area contributed by atoms with Gasteiger partial charge in [-0.3, -0.25) is 9.59 Å². The number of nitrogens with zero attached hydrogens (tertiary/aromatic N) is 1. The number of pyridine rings is 1. The predicted molar refractivity (Wildman–Crippen MR) is 52.7 cm³/mol. The van der Waals surface area contributed by atoms with Crippen molar-refractivity contribution in [1.29, 1.82) is 0 Å². The number of aromatic amines is 2. The molecule has 2 rings (SSSR count). The number of hydrogen-bond acceptors (Lipinski definition) is 3. The highest BCUT2D eigenvalue weighted by Gasteiger charge is 2.03. The van der Waals surface area contributed by atoms with Crippen LogP contribution in [-0.4, -0.2) is 15.0 Å². The number of halogens is 1. The van der Waals surface area contributed by atoms with Crippen LogP contribution in [0.3, 0.4) is 0 Å². The van der Waals surface area contributed by atoms with Gasteiger partial charge >= 0.3 is 11.1 Å². The lowest BCUT2D eigenvalue weighted by Crippen LogP contribution is -2.29. The Morgan fingerprint density at radius 2 is 1.93 bits per heavy atom. The van der Waals surface area contributed by atoms with Crippen LogP contribution >= 0.6 is 11.6 Å². The van der Waals surface area contributed by atoms with Gasteiger partial charge in [0.15, 0.2) is 5.65 Å². The lowest BCUT2D eigenvalue weighted by atomic mass is 10.3. The van der Waals surface area contributed by atoms with Gasteiger partial charge in [-0.05, 0) is 18.6 Å². The van der Waals surface area contributed by atoms with Crippen molar-refractivity contribution >= 4 is 22.8 Å². The maximum Gasteiger partial charge on any atom is 0.315 e. The molecule has 2 aromatic rings. The van der Waals surface area contributed by atoms with Crippen molar-refractivity contribution in [2.24, 2.45) is 0 Å². The first-order chi connectivity index (χ1) is 6.58. The molecule has 0 bridgehead atoms. The van der Waals surface area contributed by atoms with Gasteiger partial charge < -0.3 is 9.97 Å². The average Bonchev–Trinajstić information content (AvgIpc) is 2.11. The average molecular weight is 212 g/mol. The lowest BCUT2D eigenvalue weighted by molar-refractivity contribution is 1.11. The molecule has 72 valence electrons. The molecule has 0 fully saturated rings. The maximum absolute atomic E-state index is 11.0. The van der Waals surface area contributed by atoms with E-state index >= 15 is 0 Å². The fourth-order valence-corrected chi connectivity index (χ4v) is 1.26. The van der Waals surface area contributed by atoms with Crippen LogP contribution in [0.5, 0.6) is 0 Å². The number of rotatable bonds is 0. The number of fused-ring (bicyclic) bond motifs is 1. The molecule has 0 saturated heterocycles. The number of aromatic nitrogens is 3. The topological polar surface area (TPSA) is 78.6 Å². The highest BCUT2D eigenvalue weighted by Crippen LogP contribution is 2.14. The molecule has 0 amide bonds. The molecule has 0 aliphatic carbocycles. The van der Waals surface area contributed by atoms with Gasteiger partial charge in [-0.2, -0.15) is 0 Å². The smallest absolute Gasteiger partial charge is 0.315 e. The standard InChI is InChI=1S/C8H6ClN3O2/c1-3-2-4-6(11-5(3)9)12-8(14)7(13)10-4/h2H,1H3,(H,10,13)(H,11,12,14). The summed E-state index contributed by atoms with van der Waals surface area (Å²) in [5.74, 6) is 0. The molecule has 2 N–H and O–H groups in total. The molecule has 2 aromatic heterocycles. The van der Waals surface area contributed by atoms with E-state index in [1.807, 2.05) is 0 Å². The third-order valence-corrected chi connectivity index (χ3v) is 2.22. The van der Waals surface area contributed by atoms with Gasteiger partial charge in [0.1, 0.15) is 5.15 Å². The van der Waals surface area contributed by atoms with E-state index in [0.717, 1.165) is 5.56 Å². The summed E-state index contributed by atoms with van der Waals surface area (Å²) in [6.07, 6.45) is 0. The summed E-state index contributed by atoms with van der Waals surface area (Å²) in [6.45, 7) is 1.76. The van der Waals surface area contributed by atoms with Gasteiger partial charge in [0.25, 0.3) is 0 Å². The van der Waals surface area contributed by atoms with E-state index in [2.05, 4.69) is 15.0 Å². The summed E-state index contributed by atoms with van der Waals surface area (Å²) < 4.78 is 0. The Morgan fingerprint density at radius 3 is 2.64 bits per heavy atom. The maximum atomic E-state index is 11.0. The van der Waals surface area contributed by atoms with Crippen LogP contribution in [0, 0.1) is 6.92 Å². The van der Waals surface area contributed by atoms with Crippen LogP contribution in [0.4, 0.5) is 0 Å². The zero-order chi connectivity index (χ0) is 10.3. The third-order valence-electron chi connectivity index (χ3n) is 1.84. The first-order valence-corrected chi connectivity index (χ1v) is 4.25. The first-order valence-electron chi connectivity index (χ1n) is 3.87. The van der Waals surface area contributed by atoms with E-state index in [1.54, 1.807) is 13.0 Å². The highest BCUT2D eigenvalue weighted by molar-refractivity contribution is 6.30. The molecular weight excluding hydrogens is 206 g/mol. The molecule has 0 atom stereocenters. The molecule has 0 aliphatic heterocycles. The zero-order valence-corrected chi connectivity index (χ0v) is 7.97. The summed E-state index contributed by atoms with van der Waals surface area (Å²) in [7, 11) is 0. The van der Waals surface area contributed by atoms with Crippen molar-refractivity contribution in [3.05, 3.63) is 37.5 Å². The van der Waals surface area contributed by atoms with Crippen LogP contribution < -0.4 is 11.1 Å². The summed E-state index contributed by atoms with van der Waals surface area (Å²) in [5, 5.41) is 0.306. The summed E-state index contributed by atoms with van der Waals surface area (Å²) in [4.78, 5) is 30.6. The number of nitrogens with one attached hydrogen (secondary N) is 2. The van der Waals surface area contributed by atoms with Crippen molar-refractivity contribution in [2.75, 3.05) is 0 Å². The molecular formula is C8H6ClN3O2. The molecule has 0 saturated carbocycles. The molecule has 14 heavy (non-hydrogen) atoms.